The Bertz CT molecular complexity index is 897. The highest BCUT2D eigenvalue weighted by Crippen LogP contribution is 2.26. The molecule has 0 atom stereocenters. The quantitative estimate of drug-likeness (QED) is 0.668. The number of methoxy groups -OCH3 is 1. The van der Waals surface area contributed by atoms with Crippen LogP contribution in [0.15, 0.2) is 51.7 Å². The number of benzene rings is 2. The van der Waals surface area contributed by atoms with E-state index < -0.39 is 5.63 Å². The summed E-state index contributed by atoms with van der Waals surface area (Å²) in [6.07, 6.45) is 0. The van der Waals surface area contributed by atoms with Crippen molar-refractivity contribution in [2.45, 2.75) is 13.5 Å². The number of aryl methyl sites for hydroxylation is 1. The van der Waals surface area contributed by atoms with Gasteiger partial charge in [-0.15, -0.1) is 0 Å². The third kappa shape index (κ3) is 3.32. The van der Waals surface area contributed by atoms with Crippen LogP contribution in [0.25, 0.3) is 11.0 Å². The number of halogens is 1. The molecular weight excluding hydrogens is 316 g/mol. The minimum Gasteiger partial charge on any atom is -0.497 e. The lowest BCUT2D eigenvalue weighted by molar-refractivity contribution is 0.306. The smallest absolute Gasteiger partial charge is 0.336 e. The molecule has 1 aromatic heterocycles. The first-order valence-electron chi connectivity index (χ1n) is 7.06. The van der Waals surface area contributed by atoms with E-state index in [-0.39, 0.29) is 6.61 Å². The maximum Gasteiger partial charge on any atom is 0.336 e. The summed E-state index contributed by atoms with van der Waals surface area (Å²) >= 11 is 6.18. The third-order valence-electron chi connectivity index (χ3n) is 3.56. The molecule has 0 N–H and O–H groups in total. The minimum atomic E-state index is -0.410. The van der Waals surface area contributed by atoms with E-state index in [1.807, 2.05) is 31.2 Å². The molecule has 0 aliphatic heterocycles. The van der Waals surface area contributed by atoms with Crippen molar-refractivity contribution in [2.75, 3.05) is 7.11 Å². The first kappa shape index (κ1) is 15.4. The summed E-state index contributed by atoms with van der Waals surface area (Å²) in [7, 11) is 1.61. The zero-order chi connectivity index (χ0) is 16.4. The van der Waals surface area contributed by atoms with E-state index in [0.717, 1.165) is 22.3 Å². The molecule has 0 unspecified atom stereocenters. The average molecular weight is 331 g/mol. The van der Waals surface area contributed by atoms with E-state index in [9.17, 15) is 4.79 Å². The summed E-state index contributed by atoms with van der Waals surface area (Å²) in [4.78, 5) is 11.7. The predicted molar refractivity (Wildman–Crippen MR) is 89.6 cm³/mol. The Kier molecular flexibility index (Phi) is 4.26. The standard InChI is InChI=1S/C18H15ClO4/c1-11-7-17-15(9-16(11)19)12(8-18(20)23-17)10-22-14-5-3-13(21-2)4-6-14/h3-9H,10H2,1-2H3. The molecule has 2 aromatic carbocycles. The SMILES string of the molecule is COc1ccc(OCc2cc(=O)oc3cc(C)c(Cl)cc23)cc1. The minimum absolute atomic E-state index is 0.244. The lowest BCUT2D eigenvalue weighted by Gasteiger charge is -2.10. The van der Waals surface area contributed by atoms with Gasteiger partial charge in [0.1, 0.15) is 23.7 Å². The zero-order valence-corrected chi connectivity index (χ0v) is 13.5. The second-order valence-corrected chi connectivity index (χ2v) is 5.56. The summed E-state index contributed by atoms with van der Waals surface area (Å²) in [5.41, 5.74) is 1.68. The van der Waals surface area contributed by atoms with Gasteiger partial charge < -0.3 is 13.9 Å². The number of fused-ring (bicyclic) bond motifs is 1. The van der Waals surface area contributed by atoms with Crippen LogP contribution in [-0.4, -0.2) is 7.11 Å². The fourth-order valence-corrected chi connectivity index (χ4v) is 2.46. The van der Waals surface area contributed by atoms with Gasteiger partial charge >= 0.3 is 5.63 Å². The maximum absolute atomic E-state index is 11.7. The summed E-state index contributed by atoms with van der Waals surface area (Å²) < 4.78 is 16.1. The predicted octanol–water partition coefficient (Wildman–Crippen LogP) is 4.34. The van der Waals surface area contributed by atoms with Crippen molar-refractivity contribution in [2.24, 2.45) is 0 Å². The van der Waals surface area contributed by atoms with Crippen LogP contribution in [0.5, 0.6) is 11.5 Å². The number of ether oxygens (including phenoxy) is 2. The highest BCUT2D eigenvalue weighted by molar-refractivity contribution is 6.32. The van der Waals surface area contributed by atoms with Crippen molar-refractivity contribution < 1.29 is 13.9 Å². The fraction of sp³-hybridized carbons (Fsp3) is 0.167. The molecule has 0 aliphatic rings. The lowest BCUT2D eigenvalue weighted by atomic mass is 10.1. The largest absolute Gasteiger partial charge is 0.497 e. The highest BCUT2D eigenvalue weighted by atomic mass is 35.5. The second-order valence-electron chi connectivity index (χ2n) is 5.15. The first-order chi connectivity index (χ1) is 11.1. The number of hydrogen-bond donors (Lipinski definition) is 0. The molecule has 5 heteroatoms. The van der Waals surface area contributed by atoms with Crippen molar-refractivity contribution >= 4 is 22.6 Å². The van der Waals surface area contributed by atoms with Crippen molar-refractivity contribution in [3.05, 3.63) is 69.0 Å². The molecule has 3 rings (SSSR count). The normalized spacial score (nSPS) is 10.7. The van der Waals surface area contributed by atoms with Crippen molar-refractivity contribution in [3.8, 4) is 11.5 Å². The Balaban J connectivity index is 1.92. The number of hydrogen-bond acceptors (Lipinski definition) is 4. The van der Waals surface area contributed by atoms with Gasteiger partial charge in [-0.25, -0.2) is 4.79 Å². The molecule has 0 amide bonds. The van der Waals surface area contributed by atoms with Gasteiger partial charge in [-0.1, -0.05) is 11.6 Å². The van der Waals surface area contributed by atoms with E-state index in [1.165, 1.54) is 6.07 Å². The lowest BCUT2D eigenvalue weighted by Crippen LogP contribution is -2.04. The van der Waals surface area contributed by atoms with Gasteiger partial charge in [-0.2, -0.15) is 0 Å². The molecule has 118 valence electrons. The van der Waals surface area contributed by atoms with Crippen LogP contribution in [0.2, 0.25) is 5.02 Å². The Morgan fingerprint density at radius 2 is 1.78 bits per heavy atom. The molecule has 23 heavy (non-hydrogen) atoms. The van der Waals surface area contributed by atoms with Crippen LogP contribution in [-0.2, 0) is 6.61 Å². The van der Waals surface area contributed by atoms with Crippen LogP contribution in [0.3, 0.4) is 0 Å². The summed E-state index contributed by atoms with van der Waals surface area (Å²) in [5, 5.41) is 1.39. The highest BCUT2D eigenvalue weighted by Gasteiger charge is 2.09. The van der Waals surface area contributed by atoms with Gasteiger partial charge in [0.25, 0.3) is 0 Å². The van der Waals surface area contributed by atoms with Crippen LogP contribution >= 0.6 is 11.6 Å². The number of rotatable bonds is 4. The van der Waals surface area contributed by atoms with Crippen molar-refractivity contribution in [3.63, 3.8) is 0 Å². The van der Waals surface area contributed by atoms with Gasteiger partial charge in [-0.3, -0.25) is 0 Å². The van der Waals surface area contributed by atoms with Crippen LogP contribution in [0, 0.1) is 6.92 Å². The molecule has 1 heterocycles. The Morgan fingerprint density at radius 3 is 2.48 bits per heavy atom. The van der Waals surface area contributed by atoms with E-state index in [4.69, 9.17) is 25.5 Å². The molecule has 3 aromatic rings. The molecular formula is C18H15ClO4. The Hall–Kier alpha value is -2.46. The van der Waals surface area contributed by atoms with E-state index in [0.29, 0.717) is 16.4 Å². The summed E-state index contributed by atoms with van der Waals surface area (Å²) in [6.45, 7) is 2.11. The first-order valence-corrected chi connectivity index (χ1v) is 7.44. The van der Waals surface area contributed by atoms with Crippen LogP contribution in [0.1, 0.15) is 11.1 Å². The second kappa shape index (κ2) is 6.34. The molecule has 0 saturated carbocycles. The van der Waals surface area contributed by atoms with Gasteiger partial charge in [0.15, 0.2) is 0 Å². The third-order valence-corrected chi connectivity index (χ3v) is 3.97. The fourth-order valence-electron chi connectivity index (χ4n) is 2.30. The van der Waals surface area contributed by atoms with E-state index in [1.54, 1.807) is 19.2 Å². The summed E-state index contributed by atoms with van der Waals surface area (Å²) in [5.74, 6) is 1.44. The molecule has 0 bridgehead atoms. The Labute approximate surface area is 138 Å². The summed E-state index contributed by atoms with van der Waals surface area (Å²) in [6, 6.07) is 12.2. The van der Waals surface area contributed by atoms with Crippen molar-refractivity contribution in [1.82, 2.24) is 0 Å². The van der Waals surface area contributed by atoms with Gasteiger partial charge in [0, 0.05) is 22.0 Å². The zero-order valence-electron chi connectivity index (χ0n) is 12.8. The average Bonchev–Trinajstić information content (AvgIpc) is 2.55. The molecule has 4 nitrogen and oxygen atoms in total. The molecule has 0 spiro atoms. The molecule has 0 radical (unpaired) electrons. The van der Waals surface area contributed by atoms with Crippen LogP contribution < -0.4 is 15.1 Å². The van der Waals surface area contributed by atoms with Crippen LogP contribution in [0.4, 0.5) is 0 Å². The van der Waals surface area contributed by atoms with Gasteiger partial charge in [0.2, 0.25) is 0 Å². The Morgan fingerprint density at radius 1 is 1.09 bits per heavy atom. The van der Waals surface area contributed by atoms with E-state index in [2.05, 4.69) is 0 Å². The molecule has 0 fully saturated rings. The van der Waals surface area contributed by atoms with Gasteiger partial charge in [-0.05, 0) is 48.9 Å². The van der Waals surface area contributed by atoms with Gasteiger partial charge in [0.05, 0.1) is 7.11 Å². The topological polar surface area (TPSA) is 48.7 Å². The van der Waals surface area contributed by atoms with Crippen molar-refractivity contribution in [1.29, 1.82) is 0 Å². The van der Waals surface area contributed by atoms with E-state index >= 15 is 0 Å². The molecule has 0 aliphatic carbocycles. The monoisotopic (exact) mass is 330 g/mol. The molecule has 0 saturated heterocycles. The maximum atomic E-state index is 11.7.